The molecular weight excluding hydrogens is 258 g/mol. The van der Waals surface area contributed by atoms with E-state index < -0.39 is 0 Å². The predicted molar refractivity (Wildman–Crippen MR) is 75.6 cm³/mol. The van der Waals surface area contributed by atoms with Gasteiger partial charge in [0.2, 0.25) is 5.89 Å². The van der Waals surface area contributed by atoms with Gasteiger partial charge in [0.25, 0.3) is 0 Å². The summed E-state index contributed by atoms with van der Waals surface area (Å²) in [5, 5.41) is 6.95. The van der Waals surface area contributed by atoms with Crippen molar-refractivity contribution in [2.45, 2.75) is 24.1 Å². The average Bonchev–Trinajstić information content (AvgIpc) is 2.86. The van der Waals surface area contributed by atoms with Gasteiger partial charge in [0.15, 0.2) is 5.82 Å². The van der Waals surface area contributed by atoms with Crippen LogP contribution in [-0.4, -0.2) is 16.7 Å². The number of benzene rings is 1. The van der Waals surface area contributed by atoms with Gasteiger partial charge in [0.1, 0.15) is 0 Å². The zero-order chi connectivity index (χ0) is 13.5. The number of nitrogens with zero attached hydrogens (tertiary/aromatic N) is 2. The fourth-order valence-corrected chi connectivity index (χ4v) is 2.40. The number of hydrogen-bond acceptors (Lipinski definition) is 5. The Kier molecular flexibility index (Phi) is 5.01. The molecule has 2 rings (SSSR count). The van der Waals surface area contributed by atoms with Gasteiger partial charge < -0.3 is 4.52 Å². The van der Waals surface area contributed by atoms with Gasteiger partial charge in [0.05, 0.1) is 18.8 Å². The number of nitrogens with one attached hydrogen (secondary N) is 1. The molecule has 0 amide bonds. The molecule has 4 nitrogen and oxygen atoms in total. The van der Waals surface area contributed by atoms with Crippen molar-refractivity contribution >= 4 is 11.8 Å². The van der Waals surface area contributed by atoms with E-state index in [0.29, 0.717) is 30.6 Å². The van der Waals surface area contributed by atoms with Crippen LogP contribution in [0.2, 0.25) is 0 Å². The standard InChI is InChI=1S/C14H15N3OS/c1-3-8-15-9-14-16-13(17-18-14)10-19-12-7-5-4-6-11(12)2/h1,4-7,15H,8-10H2,2H3. The maximum absolute atomic E-state index is 5.14. The summed E-state index contributed by atoms with van der Waals surface area (Å²) in [6.45, 7) is 3.09. The van der Waals surface area contributed by atoms with Crippen molar-refractivity contribution in [3.05, 3.63) is 41.5 Å². The normalized spacial score (nSPS) is 10.3. The minimum absolute atomic E-state index is 0.496. The van der Waals surface area contributed by atoms with Gasteiger partial charge in [-0.3, -0.25) is 5.32 Å². The Morgan fingerprint density at radius 3 is 3.05 bits per heavy atom. The zero-order valence-corrected chi connectivity index (χ0v) is 11.5. The van der Waals surface area contributed by atoms with E-state index in [0.717, 1.165) is 0 Å². The first-order chi connectivity index (χ1) is 9.29. The third-order valence-corrected chi connectivity index (χ3v) is 3.64. The van der Waals surface area contributed by atoms with Gasteiger partial charge in [-0.1, -0.05) is 29.3 Å². The summed E-state index contributed by atoms with van der Waals surface area (Å²) >= 11 is 1.70. The molecule has 0 unspecified atom stereocenters. The molecule has 0 aliphatic carbocycles. The maximum atomic E-state index is 5.14. The number of rotatable bonds is 6. The summed E-state index contributed by atoms with van der Waals surface area (Å²) in [7, 11) is 0. The molecule has 0 spiro atoms. The van der Waals surface area contributed by atoms with E-state index in [2.05, 4.69) is 40.4 Å². The first kappa shape index (κ1) is 13.7. The molecule has 98 valence electrons. The quantitative estimate of drug-likeness (QED) is 0.497. The largest absolute Gasteiger partial charge is 0.338 e. The Balaban J connectivity index is 1.87. The molecule has 0 bridgehead atoms. The lowest BCUT2D eigenvalue weighted by molar-refractivity contribution is 0.366. The lowest BCUT2D eigenvalue weighted by Crippen LogP contribution is -2.13. The monoisotopic (exact) mass is 273 g/mol. The van der Waals surface area contributed by atoms with Crippen LogP contribution in [0, 0.1) is 19.3 Å². The predicted octanol–water partition coefficient (Wildman–Crippen LogP) is 2.39. The number of thioether (sulfide) groups is 1. The first-order valence-electron chi connectivity index (χ1n) is 5.93. The van der Waals surface area contributed by atoms with E-state index >= 15 is 0 Å². The molecule has 0 radical (unpaired) electrons. The summed E-state index contributed by atoms with van der Waals surface area (Å²) < 4.78 is 5.12. The van der Waals surface area contributed by atoms with E-state index in [1.807, 2.05) is 12.1 Å². The second-order valence-corrected chi connectivity index (χ2v) is 4.98. The van der Waals surface area contributed by atoms with E-state index in [1.165, 1.54) is 10.5 Å². The highest BCUT2D eigenvalue weighted by molar-refractivity contribution is 7.98. The summed E-state index contributed by atoms with van der Waals surface area (Å²) in [6.07, 6.45) is 5.14. The Hall–Kier alpha value is -1.77. The number of terminal acetylenes is 1. The molecule has 1 N–H and O–H groups in total. The number of hydrogen-bond donors (Lipinski definition) is 1. The van der Waals surface area contributed by atoms with Gasteiger partial charge >= 0.3 is 0 Å². The van der Waals surface area contributed by atoms with Crippen LogP contribution >= 0.6 is 11.8 Å². The van der Waals surface area contributed by atoms with E-state index in [9.17, 15) is 0 Å². The molecule has 1 aromatic heterocycles. The molecule has 5 heteroatoms. The summed E-state index contributed by atoms with van der Waals surface area (Å²) in [5.74, 6) is 4.46. The van der Waals surface area contributed by atoms with Crippen molar-refractivity contribution in [1.29, 1.82) is 0 Å². The van der Waals surface area contributed by atoms with E-state index in [-0.39, 0.29) is 0 Å². The summed E-state index contributed by atoms with van der Waals surface area (Å²) in [6, 6.07) is 8.24. The van der Waals surface area contributed by atoms with Crippen LogP contribution in [0.5, 0.6) is 0 Å². The second-order valence-electron chi connectivity index (χ2n) is 3.97. The van der Waals surface area contributed by atoms with E-state index in [4.69, 9.17) is 10.9 Å². The molecule has 0 aliphatic heterocycles. The minimum Gasteiger partial charge on any atom is -0.338 e. The molecule has 2 aromatic rings. The molecule has 0 saturated heterocycles. The van der Waals surface area contributed by atoms with Crippen molar-refractivity contribution < 1.29 is 4.52 Å². The van der Waals surface area contributed by atoms with Gasteiger partial charge in [-0.15, -0.1) is 18.2 Å². The molecule has 1 aromatic carbocycles. The Morgan fingerprint density at radius 1 is 1.42 bits per heavy atom. The molecule has 0 saturated carbocycles. The molecule has 1 heterocycles. The van der Waals surface area contributed by atoms with Crippen molar-refractivity contribution in [2.24, 2.45) is 0 Å². The average molecular weight is 273 g/mol. The third-order valence-electron chi connectivity index (χ3n) is 2.46. The highest BCUT2D eigenvalue weighted by atomic mass is 32.2. The van der Waals surface area contributed by atoms with Crippen LogP contribution in [0.1, 0.15) is 17.3 Å². The Labute approximate surface area is 117 Å². The van der Waals surface area contributed by atoms with Crippen molar-refractivity contribution in [1.82, 2.24) is 15.5 Å². The zero-order valence-electron chi connectivity index (χ0n) is 10.7. The van der Waals surface area contributed by atoms with Gasteiger partial charge in [-0.2, -0.15) is 4.98 Å². The summed E-state index contributed by atoms with van der Waals surface area (Å²) in [5.41, 5.74) is 1.26. The highest BCUT2D eigenvalue weighted by Crippen LogP contribution is 2.24. The molecule has 0 aliphatic rings. The lowest BCUT2D eigenvalue weighted by Gasteiger charge is -2.01. The van der Waals surface area contributed by atoms with Crippen LogP contribution < -0.4 is 5.32 Å². The van der Waals surface area contributed by atoms with E-state index in [1.54, 1.807) is 11.8 Å². The van der Waals surface area contributed by atoms with Crippen LogP contribution in [0.25, 0.3) is 0 Å². The number of aromatic nitrogens is 2. The fraction of sp³-hybridized carbons (Fsp3) is 0.286. The molecular formula is C14H15N3OS. The highest BCUT2D eigenvalue weighted by Gasteiger charge is 2.07. The summed E-state index contributed by atoms with van der Waals surface area (Å²) in [4.78, 5) is 5.53. The fourth-order valence-electron chi connectivity index (χ4n) is 1.52. The Bertz CT molecular complexity index is 574. The molecule has 19 heavy (non-hydrogen) atoms. The smallest absolute Gasteiger partial charge is 0.240 e. The number of aryl methyl sites for hydroxylation is 1. The van der Waals surface area contributed by atoms with Gasteiger partial charge in [-0.25, -0.2) is 0 Å². The van der Waals surface area contributed by atoms with Crippen LogP contribution in [-0.2, 0) is 12.3 Å². The van der Waals surface area contributed by atoms with Crippen LogP contribution in [0.3, 0.4) is 0 Å². The van der Waals surface area contributed by atoms with Crippen LogP contribution in [0.15, 0.2) is 33.7 Å². The van der Waals surface area contributed by atoms with Crippen molar-refractivity contribution in [3.63, 3.8) is 0 Å². The first-order valence-corrected chi connectivity index (χ1v) is 6.92. The maximum Gasteiger partial charge on any atom is 0.240 e. The minimum atomic E-state index is 0.496. The van der Waals surface area contributed by atoms with Gasteiger partial charge in [0, 0.05) is 4.90 Å². The van der Waals surface area contributed by atoms with Crippen molar-refractivity contribution in [2.75, 3.05) is 6.54 Å². The van der Waals surface area contributed by atoms with Crippen LogP contribution in [0.4, 0.5) is 0 Å². The lowest BCUT2D eigenvalue weighted by atomic mass is 10.2. The Morgan fingerprint density at radius 2 is 2.26 bits per heavy atom. The van der Waals surface area contributed by atoms with Crippen molar-refractivity contribution in [3.8, 4) is 12.3 Å². The molecule has 0 atom stereocenters. The SMILES string of the molecule is C#CCNCc1nc(CSc2ccccc2C)no1. The molecule has 0 fully saturated rings. The third kappa shape index (κ3) is 4.12. The van der Waals surface area contributed by atoms with Gasteiger partial charge in [-0.05, 0) is 18.6 Å². The topological polar surface area (TPSA) is 51.0 Å². The second kappa shape index (κ2) is 6.98.